The number of imidazole rings is 1. The van der Waals surface area contributed by atoms with Crippen molar-refractivity contribution < 1.29 is 24.2 Å². The van der Waals surface area contributed by atoms with Gasteiger partial charge in [-0.2, -0.15) is 0 Å². The van der Waals surface area contributed by atoms with E-state index in [1.807, 2.05) is 49.4 Å². The first-order valence-electron chi connectivity index (χ1n) is 16.6. The summed E-state index contributed by atoms with van der Waals surface area (Å²) in [5.41, 5.74) is 2.41. The summed E-state index contributed by atoms with van der Waals surface area (Å²) < 4.78 is 10.8. The van der Waals surface area contributed by atoms with Crippen LogP contribution >= 0.6 is 11.6 Å². The van der Waals surface area contributed by atoms with Crippen molar-refractivity contribution >= 4 is 34.6 Å². The fourth-order valence-electron chi connectivity index (χ4n) is 7.41. The first kappa shape index (κ1) is 32.7. The lowest BCUT2D eigenvalue weighted by molar-refractivity contribution is -0.133. The summed E-state index contributed by atoms with van der Waals surface area (Å²) in [6, 6.07) is 12.8. The molecule has 2 heterocycles. The molecule has 11 heteroatoms. The second kappa shape index (κ2) is 13.5. The molecule has 3 aromatic rings. The molecule has 6 rings (SSSR count). The van der Waals surface area contributed by atoms with Crippen LogP contribution in [0.3, 0.4) is 0 Å². The van der Waals surface area contributed by atoms with Crippen LogP contribution in [0.15, 0.2) is 42.5 Å². The number of benzene rings is 2. The highest BCUT2D eigenvalue weighted by atomic mass is 35.5. The average molecular weight is 652 g/mol. The maximum atomic E-state index is 14.3. The molecule has 3 aliphatic rings. The van der Waals surface area contributed by atoms with E-state index < -0.39 is 23.8 Å². The minimum Gasteiger partial charge on any atom is -0.453 e. The number of carbonyl (C=O) groups excluding carboxylic acids is 2. The molecule has 46 heavy (non-hydrogen) atoms. The van der Waals surface area contributed by atoms with Gasteiger partial charge in [-0.25, -0.2) is 9.78 Å². The van der Waals surface area contributed by atoms with Crippen molar-refractivity contribution in [2.24, 2.45) is 11.3 Å². The number of aliphatic hydroxyl groups excluding tert-OH is 1. The van der Waals surface area contributed by atoms with E-state index in [2.05, 4.69) is 27.9 Å². The number of fused-ring (bicyclic) bond motifs is 1. The summed E-state index contributed by atoms with van der Waals surface area (Å²) in [6.07, 6.45) is 4.77. The van der Waals surface area contributed by atoms with E-state index in [-0.39, 0.29) is 29.2 Å². The normalized spacial score (nSPS) is 21.4. The number of aromatic amines is 1. The summed E-state index contributed by atoms with van der Waals surface area (Å²) in [5, 5.41) is 21.0. The Bertz CT molecular complexity index is 1550. The molecule has 0 spiro atoms. The van der Waals surface area contributed by atoms with Gasteiger partial charge in [-0.05, 0) is 85.7 Å². The van der Waals surface area contributed by atoms with Gasteiger partial charge >= 0.3 is 6.09 Å². The molecule has 2 aliphatic carbocycles. The van der Waals surface area contributed by atoms with E-state index >= 15 is 0 Å². The Labute approximate surface area is 275 Å². The fraction of sp³-hybridized carbons (Fsp3) is 0.571. The monoisotopic (exact) mass is 651 g/mol. The van der Waals surface area contributed by atoms with Crippen molar-refractivity contribution in [3.63, 3.8) is 0 Å². The third-order valence-electron chi connectivity index (χ3n) is 10.7. The number of nitrogens with zero attached hydrogens (tertiary/aromatic N) is 1. The molecule has 2 aromatic carbocycles. The van der Waals surface area contributed by atoms with E-state index in [4.69, 9.17) is 26.1 Å². The first-order chi connectivity index (χ1) is 22.2. The number of carbonyl (C=O) groups is 2. The Hall–Kier alpha value is -3.18. The van der Waals surface area contributed by atoms with E-state index in [9.17, 15) is 14.7 Å². The Morgan fingerprint density at radius 1 is 1.13 bits per heavy atom. The number of nitrogens with one attached hydrogen (secondary N) is 4. The van der Waals surface area contributed by atoms with Gasteiger partial charge < -0.3 is 30.2 Å². The van der Waals surface area contributed by atoms with Gasteiger partial charge in [0, 0.05) is 24.2 Å². The number of halogens is 1. The van der Waals surface area contributed by atoms with Crippen molar-refractivity contribution in [1.29, 1.82) is 0 Å². The molecule has 10 nitrogen and oxygen atoms in total. The van der Waals surface area contributed by atoms with Gasteiger partial charge in [0.05, 0.1) is 35.6 Å². The molecule has 1 aromatic heterocycles. The van der Waals surface area contributed by atoms with Crippen molar-refractivity contribution in [1.82, 2.24) is 25.9 Å². The summed E-state index contributed by atoms with van der Waals surface area (Å²) in [7, 11) is 1.35. The quantitative estimate of drug-likeness (QED) is 0.164. The lowest BCUT2D eigenvalue weighted by Crippen LogP contribution is -2.59. The third-order valence-corrected chi connectivity index (χ3v) is 11.0. The number of rotatable bonds is 12. The SMILES string of the molecule is CCNC(O)[C@H](NC(=O)C1(c2ccc3nc([C@@H](NC(=O)OC)[C@H](c4ccccc4Cl)C4(C)CC4)[nH]c3c2)CCOCC1)C1CCC1. The molecule has 0 radical (unpaired) electrons. The summed E-state index contributed by atoms with van der Waals surface area (Å²) in [6.45, 7) is 5.70. The predicted octanol–water partition coefficient (Wildman–Crippen LogP) is 5.46. The molecule has 248 valence electrons. The van der Waals surface area contributed by atoms with Crippen LogP contribution in [0.2, 0.25) is 5.02 Å². The lowest BCUT2D eigenvalue weighted by Gasteiger charge is -2.42. The molecular formula is C35H46ClN5O5. The van der Waals surface area contributed by atoms with Crippen molar-refractivity contribution in [2.75, 3.05) is 26.9 Å². The van der Waals surface area contributed by atoms with Crippen LogP contribution < -0.4 is 16.0 Å². The maximum Gasteiger partial charge on any atom is 0.407 e. The van der Waals surface area contributed by atoms with Gasteiger partial charge in [0.15, 0.2) is 0 Å². The number of hydrogen-bond donors (Lipinski definition) is 5. The van der Waals surface area contributed by atoms with Crippen LogP contribution in [0.1, 0.15) is 87.7 Å². The summed E-state index contributed by atoms with van der Waals surface area (Å²) in [5.74, 6) is 0.597. The zero-order chi connectivity index (χ0) is 32.5. The highest BCUT2D eigenvalue weighted by Crippen LogP contribution is 2.60. The number of alkyl carbamates (subject to hydrolysis) is 1. The molecule has 2 saturated carbocycles. The van der Waals surface area contributed by atoms with Gasteiger partial charge in [0.2, 0.25) is 5.91 Å². The number of likely N-dealkylation sites (N-methyl/N-ethyl adjacent to an activating group) is 1. The van der Waals surface area contributed by atoms with Gasteiger partial charge in [-0.3, -0.25) is 10.1 Å². The molecule has 3 fully saturated rings. The van der Waals surface area contributed by atoms with Gasteiger partial charge in [0.25, 0.3) is 0 Å². The number of hydrogen-bond acceptors (Lipinski definition) is 7. The Morgan fingerprint density at radius 2 is 1.87 bits per heavy atom. The highest BCUT2D eigenvalue weighted by molar-refractivity contribution is 6.31. The van der Waals surface area contributed by atoms with Gasteiger partial charge in [0.1, 0.15) is 12.1 Å². The third kappa shape index (κ3) is 6.37. The molecule has 1 aliphatic heterocycles. The van der Waals surface area contributed by atoms with Crippen LogP contribution in [-0.4, -0.2) is 66.2 Å². The van der Waals surface area contributed by atoms with E-state index in [0.717, 1.165) is 54.3 Å². The number of methoxy groups -OCH3 is 1. The maximum absolute atomic E-state index is 14.3. The fourth-order valence-corrected chi connectivity index (χ4v) is 7.66. The van der Waals surface area contributed by atoms with E-state index in [0.29, 0.717) is 43.4 Å². The van der Waals surface area contributed by atoms with Crippen molar-refractivity contribution in [3.8, 4) is 0 Å². The Kier molecular flexibility index (Phi) is 9.62. The molecule has 0 bridgehead atoms. The van der Waals surface area contributed by atoms with Crippen LogP contribution in [-0.2, 0) is 19.7 Å². The lowest BCUT2D eigenvalue weighted by atomic mass is 9.72. The first-order valence-corrected chi connectivity index (χ1v) is 17.0. The number of H-pyrrole nitrogens is 1. The van der Waals surface area contributed by atoms with Crippen LogP contribution in [0.4, 0.5) is 4.79 Å². The zero-order valence-corrected chi connectivity index (χ0v) is 27.7. The molecule has 5 N–H and O–H groups in total. The molecule has 2 amide bonds. The minimum atomic E-state index is -0.823. The summed E-state index contributed by atoms with van der Waals surface area (Å²) in [4.78, 5) is 35.5. The van der Waals surface area contributed by atoms with Crippen LogP contribution in [0.5, 0.6) is 0 Å². The van der Waals surface area contributed by atoms with E-state index in [1.165, 1.54) is 7.11 Å². The van der Waals surface area contributed by atoms with Gasteiger partial charge in [-0.15, -0.1) is 0 Å². The highest BCUT2D eigenvalue weighted by Gasteiger charge is 2.51. The molecule has 1 saturated heterocycles. The second-order valence-electron chi connectivity index (χ2n) is 13.5. The standard InChI is InChI=1S/C35H46ClN5O5/c1-4-37-31(42)28(21-8-7-9-21)40-32(43)35(16-18-46-19-17-35)22-12-13-25-26(20-22)39-30(38-25)29(41-33(44)45-3)27(34(2)14-15-34)23-10-5-6-11-24(23)36/h5-6,10-13,20-21,27-29,31,37,42H,4,7-9,14-19H2,1-3H3,(H,38,39)(H,40,43)(H,41,44)/t27-,28+,29-,31?/m0/s1. The Morgan fingerprint density at radius 3 is 2.50 bits per heavy atom. The second-order valence-corrected chi connectivity index (χ2v) is 13.9. The van der Waals surface area contributed by atoms with Crippen LogP contribution in [0.25, 0.3) is 11.0 Å². The number of aromatic nitrogens is 2. The number of ether oxygens (including phenoxy) is 2. The smallest absolute Gasteiger partial charge is 0.407 e. The largest absolute Gasteiger partial charge is 0.453 e. The number of amides is 2. The molecular weight excluding hydrogens is 606 g/mol. The van der Waals surface area contributed by atoms with Gasteiger partial charge in [-0.1, -0.05) is 56.1 Å². The molecule has 4 atom stereocenters. The van der Waals surface area contributed by atoms with E-state index in [1.54, 1.807) is 0 Å². The average Bonchev–Trinajstić information content (AvgIpc) is 3.63. The predicted molar refractivity (Wildman–Crippen MR) is 177 cm³/mol. The summed E-state index contributed by atoms with van der Waals surface area (Å²) >= 11 is 6.75. The molecule has 1 unspecified atom stereocenters. The van der Waals surface area contributed by atoms with Crippen molar-refractivity contribution in [3.05, 3.63) is 64.4 Å². The zero-order valence-electron chi connectivity index (χ0n) is 26.9. The minimum absolute atomic E-state index is 0.0841. The number of aliphatic hydroxyl groups is 1. The topological polar surface area (TPSA) is 138 Å². The Balaban J connectivity index is 1.37. The van der Waals surface area contributed by atoms with Crippen LogP contribution in [0, 0.1) is 11.3 Å². The van der Waals surface area contributed by atoms with Crippen molar-refractivity contribution in [2.45, 2.75) is 88.4 Å².